The Hall–Kier alpha value is -3.68. The third-order valence-electron chi connectivity index (χ3n) is 5.32. The molecule has 7 nitrogen and oxygen atoms in total. The van der Waals surface area contributed by atoms with Crippen LogP contribution in [0.15, 0.2) is 36.4 Å². The summed E-state index contributed by atoms with van der Waals surface area (Å²) in [5, 5.41) is 10.6. The predicted octanol–water partition coefficient (Wildman–Crippen LogP) is 3.23. The molecule has 0 unspecified atom stereocenters. The van der Waals surface area contributed by atoms with Crippen molar-refractivity contribution in [1.29, 1.82) is 0 Å². The minimum atomic E-state index is -0.388. The lowest BCUT2D eigenvalue weighted by Crippen LogP contribution is -2.38. The number of H-pyrrole nitrogens is 1. The van der Waals surface area contributed by atoms with Gasteiger partial charge in [0, 0.05) is 13.1 Å². The second kappa shape index (κ2) is 8.99. The summed E-state index contributed by atoms with van der Waals surface area (Å²) in [5.74, 6) is -0.405. The van der Waals surface area contributed by atoms with E-state index in [0.29, 0.717) is 27.9 Å². The third-order valence-corrected chi connectivity index (χ3v) is 5.32. The average Bonchev–Trinajstić information content (AvgIpc) is 3.46. The number of ether oxygens (including phenoxy) is 1. The standard InChI is InChI=1S/C23H23FN4O3/c1-31-22-17(23(30)25-14-20(29)28-12-2-3-13-28)9-11-19-21(22)18(26-27-19)10-6-15-4-7-16(24)8-5-15/h4-11H,2-3,12-14H2,1H3,(H,25,30)(H,26,27). The number of nitrogens with one attached hydrogen (secondary N) is 2. The second-order valence-corrected chi connectivity index (χ2v) is 7.33. The number of benzene rings is 2. The van der Waals surface area contributed by atoms with E-state index < -0.39 is 0 Å². The molecule has 160 valence electrons. The summed E-state index contributed by atoms with van der Waals surface area (Å²) in [5.41, 5.74) is 2.42. The van der Waals surface area contributed by atoms with Crippen molar-refractivity contribution in [3.63, 3.8) is 0 Å². The Balaban J connectivity index is 1.58. The summed E-state index contributed by atoms with van der Waals surface area (Å²) in [6.07, 6.45) is 5.57. The van der Waals surface area contributed by atoms with Crippen molar-refractivity contribution in [3.8, 4) is 5.75 Å². The lowest BCUT2D eigenvalue weighted by Gasteiger charge is -2.16. The summed E-state index contributed by atoms with van der Waals surface area (Å²) in [6, 6.07) is 9.48. The quantitative estimate of drug-likeness (QED) is 0.639. The molecular formula is C23H23FN4O3. The molecule has 0 atom stereocenters. The van der Waals surface area contributed by atoms with E-state index in [1.54, 1.807) is 41.3 Å². The van der Waals surface area contributed by atoms with E-state index in [4.69, 9.17) is 4.74 Å². The molecule has 2 heterocycles. The van der Waals surface area contributed by atoms with E-state index in [1.807, 2.05) is 0 Å². The van der Waals surface area contributed by atoms with Gasteiger partial charge >= 0.3 is 0 Å². The van der Waals surface area contributed by atoms with Gasteiger partial charge in [-0.05, 0) is 48.7 Å². The van der Waals surface area contributed by atoms with Crippen LogP contribution in [-0.2, 0) is 4.79 Å². The largest absolute Gasteiger partial charge is 0.495 e. The van der Waals surface area contributed by atoms with Crippen molar-refractivity contribution in [3.05, 3.63) is 59.0 Å². The van der Waals surface area contributed by atoms with Gasteiger partial charge in [-0.25, -0.2) is 4.39 Å². The monoisotopic (exact) mass is 422 g/mol. The SMILES string of the molecule is COc1c(C(=O)NCC(=O)N2CCCC2)ccc2[nH]nc(C=Cc3ccc(F)cc3)c12. The minimum Gasteiger partial charge on any atom is -0.495 e. The zero-order valence-corrected chi connectivity index (χ0v) is 17.2. The second-order valence-electron chi connectivity index (χ2n) is 7.33. The van der Waals surface area contributed by atoms with Crippen molar-refractivity contribution in [2.45, 2.75) is 12.8 Å². The van der Waals surface area contributed by atoms with Gasteiger partial charge in [-0.2, -0.15) is 5.10 Å². The molecule has 1 saturated heterocycles. The van der Waals surface area contributed by atoms with Crippen molar-refractivity contribution in [1.82, 2.24) is 20.4 Å². The van der Waals surface area contributed by atoms with Gasteiger partial charge in [0.2, 0.25) is 5.91 Å². The number of halogens is 1. The van der Waals surface area contributed by atoms with E-state index in [9.17, 15) is 14.0 Å². The molecule has 0 spiro atoms. The highest BCUT2D eigenvalue weighted by Gasteiger charge is 2.21. The first-order chi connectivity index (χ1) is 15.1. The van der Waals surface area contributed by atoms with Crippen LogP contribution in [0.25, 0.3) is 23.1 Å². The highest BCUT2D eigenvalue weighted by atomic mass is 19.1. The van der Waals surface area contributed by atoms with Crippen molar-refractivity contribution in [2.24, 2.45) is 0 Å². The molecule has 1 aliphatic rings. The summed E-state index contributed by atoms with van der Waals surface area (Å²) in [6.45, 7) is 1.42. The maximum absolute atomic E-state index is 13.1. The number of amides is 2. The number of carbonyl (C=O) groups excluding carboxylic acids is 2. The molecule has 0 radical (unpaired) electrons. The summed E-state index contributed by atoms with van der Waals surface area (Å²) < 4.78 is 18.7. The first-order valence-electron chi connectivity index (χ1n) is 10.1. The number of aromatic amines is 1. The van der Waals surface area contributed by atoms with Crippen LogP contribution in [0.2, 0.25) is 0 Å². The number of nitrogens with zero attached hydrogens (tertiary/aromatic N) is 2. The van der Waals surface area contributed by atoms with Crippen molar-refractivity contribution < 1.29 is 18.7 Å². The fraction of sp³-hybridized carbons (Fsp3) is 0.261. The summed E-state index contributed by atoms with van der Waals surface area (Å²) in [4.78, 5) is 26.8. The Morgan fingerprint density at radius 3 is 2.61 bits per heavy atom. The van der Waals surface area contributed by atoms with E-state index in [2.05, 4.69) is 15.5 Å². The fourth-order valence-corrected chi connectivity index (χ4v) is 3.70. The van der Waals surface area contributed by atoms with Gasteiger partial charge in [0.1, 0.15) is 11.6 Å². The molecule has 8 heteroatoms. The average molecular weight is 422 g/mol. The number of methoxy groups -OCH3 is 1. The lowest BCUT2D eigenvalue weighted by atomic mass is 10.1. The first-order valence-corrected chi connectivity index (χ1v) is 10.1. The number of aromatic nitrogens is 2. The van der Waals surface area contributed by atoms with Crippen LogP contribution in [-0.4, -0.2) is 53.7 Å². The van der Waals surface area contributed by atoms with Crippen LogP contribution in [0.5, 0.6) is 5.75 Å². The Labute approximate surface area is 178 Å². The van der Waals surface area contributed by atoms with Crippen molar-refractivity contribution in [2.75, 3.05) is 26.7 Å². The Bertz CT molecular complexity index is 1130. The molecular weight excluding hydrogens is 399 g/mol. The molecule has 2 N–H and O–H groups in total. The number of likely N-dealkylation sites (tertiary alicyclic amines) is 1. The van der Waals surface area contributed by atoms with Gasteiger partial charge in [0.15, 0.2) is 0 Å². The van der Waals surface area contributed by atoms with Crippen LogP contribution in [0, 0.1) is 5.82 Å². The zero-order valence-electron chi connectivity index (χ0n) is 17.2. The predicted molar refractivity (Wildman–Crippen MR) is 116 cm³/mol. The van der Waals surface area contributed by atoms with Gasteiger partial charge < -0.3 is 15.0 Å². The van der Waals surface area contributed by atoms with E-state index in [-0.39, 0.29) is 24.2 Å². The van der Waals surface area contributed by atoms with E-state index in [0.717, 1.165) is 31.5 Å². The topological polar surface area (TPSA) is 87.3 Å². The maximum Gasteiger partial charge on any atom is 0.255 e. The molecule has 3 aromatic rings. The van der Waals surface area contributed by atoms with E-state index in [1.165, 1.54) is 19.2 Å². The molecule has 2 amide bonds. The van der Waals surface area contributed by atoms with Crippen LogP contribution in [0.4, 0.5) is 4.39 Å². The number of fused-ring (bicyclic) bond motifs is 1. The van der Waals surface area contributed by atoms with Gasteiger partial charge in [-0.3, -0.25) is 14.7 Å². The molecule has 1 aliphatic heterocycles. The molecule has 1 fully saturated rings. The molecule has 0 bridgehead atoms. The fourth-order valence-electron chi connectivity index (χ4n) is 3.70. The molecule has 4 rings (SSSR count). The minimum absolute atomic E-state index is 0.0528. The van der Waals surface area contributed by atoms with Crippen LogP contribution in [0.3, 0.4) is 0 Å². The zero-order chi connectivity index (χ0) is 21.8. The number of rotatable bonds is 6. The molecule has 2 aromatic carbocycles. The highest BCUT2D eigenvalue weighted by Crippen LogP contribution is 2.32. The Kier molecular flexibility index (Phi) is 5.97. The summed E-state index contributed by atoms with van der Waals surface area (Å²) >= 11 is 0. The third kappa shape index (κ3) is 4.42. The Morgan fingerprint density at radius 2 is 1.90 bits per heavy atom. The summed E-state index contributed by atoms with van der Waals surface area (Å²) in [7, 11) is 1.49. The van der Waals surface area contributed by atoms with Crippen LogP contribution >= 0.6 is 0 Å². The van der Waals surface area contributed by atoms with Gasteiger partial charge in [0.25, 0.3) is 5.91 Å². The first kappa shape index (κ1) is 20.6. The van der Waals surface area contributed by atoms with Crippen LogP contribution < -0.4 is 10.1 Å². The molecule has 0 saturated carbocycles. The van der Waals surface area contributed by atoms with Gasteiger partial charge in [0.05, 0.1) is 35.8 Å². The molecule has 1 aromatic heterocycles. The number of hydrogen-bond donors (Lipinski definition) is 2. The van der Waals surface area contributed by atoms with E-state index >= 15 is 0 Å². The highest BCUT2D eigenvalue weighted by molar-refractivity contribution is 6.06. The molecule has 0 aliphatic carbocycles. The van der Waals surface area contributed by atoms with Gasteiger partial charge in [-0.15, -0.1) is 0 Å². The van der Waals surface area contributed by atoms with Crippen molar-refractivity contribution >= 4 is 34.9 Å². The number of hydrogen-bond acceptors (Lipinski definition) is 4. The number of carbonyl (C=O) groups is 2. The Morgan fingerprint density at radius 1 is 1.16 bits per heavy atom. The molecule has 31 heavy (non-hydrogen) atoms. The smallest absolute Gasteiger partial charge is 0.255 e. The lowest BCUT2D eigenvalue weighted by molar-refractivity contribution is -0.129. The van der Waals surface area contributed by atoms with Gasteiger partial charge in [-0.1, -0.05) is 18.2 Å². The normalized spacial score (nSPS) is 13.8. The maximum atomic E-state index is 13.1. The van der Waals surface area contributed by atoms with Crippen LogP contribution in [0.1, 0.15) is 34.5 Å².